The van der Waals surface area contributed by atoms with Gasteiger partial charge in [0.2, 0.25) is 0 Å². The van der Waals surface area contributed by atoms with Crippen molar-refractivity contribution < 1.29 is 0 Å². The van der Waals surface area contributed by atoms with Crippen LogP contribution in [0.4, 0.5) is 0 Å². The molecule has 2 heterocycles. The highest BCUT2D eigenvalue weighted by atomic mass is 32.2. The van der Waals surface area contributed by atoms with Crippen molar-refractivity contribution in [3.63, 3.8) is 0 Å². The minimum Gasteiger partial charge on any atom is -0.301 e. The molecule has 2 aromatic rings. The minimum atomic E-state index is -0.165. The smallest absolute Gasteiger partial charge is 0.259 e. The zero-order chi connectivity index (χ0) is 10.7. The van der Waals surface area contributed by atoms with Crippen molar-refractivity contribution in [2.24, 2.45) is 0 Å². The third-order valence-electron chi connectivity index (χ3n) is 1.78. The molecule has 4 nitrogen and oxygen atoms in total. The summed E-state index contributed by atoms with van der Waals surface area (Å²) in [4.78, 5) is 22.4. The molecule has 0 radical (unpaired) electrons. The van der Waals surface area contributed by atoms with E-state index in [2.05, 4.69) is 20.9 Å². The maximum absolute atomic E-state index is 11.6. The normalized spacial score (nSPS) is 10.1. The third-order valence-corrected chi connectivity index (χ3v) is 2.56. The van der Waals surface area contributed by atoms with Crippen molar-refractivity contribution in [1.29, 1.82) is 0 Å². The van der Waals surface area contributed by atoms with Gasteiger partial charge in [0.15, 0.2) is 5.16 Å². The number of fused-ring (bicyclic) bond motifs is 1. The molecule has 2 rings (SSSR count). The molecule has 0 aliphatic carbocycles. The van der Waals surface area contributed by atoms with Crippen LogP contribution in [-0.2, 0) is 0 Å². The highest BCUT2D eigenvalue weighted by Crippen LogP contribution is 2.12. The lowest BCUT2D eigenvalue weighted by Gasteiger charge is -1.99. The molecule has 0 fully saturated rings. The van der Waals surface area contributed by atoms with Gasteiger partial charge < -0.3 is 4.98 Å². The van der Waals surface area contributed by atoms with E-state index in [-0.39, 0.29) is 5.56 Å². The van der Waals surface area contributed by atoms with Crippen LogP contribution < -0.4 is 5.56 Å². The molecule has 0 aromatic carbocycles. The van der Waals surface area contributed by atoms with E-state index in [1.54, 1.807) is 18.5 Å². The van der Waals surface area contributed by atoms with Crippen molar-refractivity contribution in [2.75, 3.05) is 5.75 Å². The number of nitrogens with zero attached hydrogens (tertiary/aromatic N) is 2. The lowest BCUT2D eigenvalue weighted by Crippen LogP contribution is -2.09. The van der Waals surface area contributed by atoms with Gasteiger partial charge in [-0.2, -0.15) is 0 Å². The van der Waals surface area contributed by atoms with Crippen LogP contribution in [0.5, 0.6) is 0 Å². The van der Waals surface area contributed by atoms with E-state index in [1.807, 2.05) is 0 Å². The quantitative estimate of drug-likeness (QED) is 0.464. The molecule has 0 saturated heterocycles. The number of H-pyrrole nitrogens is 1. The fourth-order valence-electron chi connectivity index (χ4n) is 1.15. The maximum Gasteiger partial charge on any atom is 0.259 e. The van der Waals surface area contributed by atoms with Crippen LogP contribution in [0.15, 0.2) is 28.4 Å². The van der Waals surface area contributed by atoms with E-state index in [1.165, 1.54) is 11.8 Å². The lowest BCUT2D eigenvalue weighted by molar-refractivity contribution is 0.973. The average Bonchev–Trinajstić information content (AvgIpc) is 2.26. The van der Waals surface area contributed by atoms with Gasteiger partial charge in [-0.3, -0.25) is 9.78 Å². The van der Waals surface area contributed by atoms with Crippen molar-refractivity contribution in [2.45, 2.75) is 5.16 Å². The van der Waals surface area contributed by atoms with E-state index in [9.17, 15) is 4.79 Å². The number of aromatic nitrogens is 3. The summed E-state index contributed by atoms with van der Waals surface area (Å²) < 4.78 is 0. The van der Waals surface area contributed by atoms with Crippen molar-refractivity contribution >= 4 is 22.7 Å². The molecule has 0 aliphatic heterocycles. The number of hydrogen-bond acceptors (Lipinski definition) is 4. The Morgan fingerprint density at radius 2 is 2.47 bits per heavy atom. The number of rotatable bonds is 2. The van der Waals surface area contributed by atoms with Crippen LogP contribution >= 0.6 is 11.8 Å². The Labute approximate surface area is 90.2 Å². The molecular weight excluding hydrogens is 210 g/mol. The number of pyridine rings is 1. The van der Waals surface area contributed by atoms with Gasteiger partial charge in [-0.25, -0.2) is 4.98 Å². The maximum atomic E-state index is 11.6. The Morgan fingerprint density at radius 1 is 1.60 bits per heavy atom. The van der Waals surface area contributed by atoms with Gasteiger partial charge in [-0.1, -0.05) is 17.7 Å². The first-order valence-corrected chi connectivity index (χ1v) is 5.20. The van der Waals surface area contributed by atoms with Crippen molar-refractivity contribution in [3.05, 3.63) is 28.8 Å². The Kier molecular flexibility index (Phi) is 2.70. The van der Waals surface area contributed by atoms with E-state index in [0.29, 0.717) is 21.8 Å². The van der Waals surface area contributed by atoms with Gasteiger partial charge in [0.05, 0.1) is 22.9 Å². The summed E-state index contributed by atoms with van der Waals surface area (Å²) in [7, 11) is 0. The third kappa shape index (κ3) is 2.00. The van der Waals surface area contributed by atoms with Crippen molar-refractivity contribution in [3.8, 4) is 12.3 Å². The molecular formula is C10H7N3OS. The van der Waals surface area contributed by atoms with Crippen LogP contribution in [0.3, 0.4) is 0 Å². The van der Waals surface area contributed by atoms with Gasteiger partial charge in [0, 0.05) is 6.20 Å². The molecule has 5 heteroatoms. The molecule has 0 aliphatic rings. The predicted octanol–water partition coefficient (Wildman–Crippen LogP) is 1.04. The number of hydrogen-bond donors (Lipinski definition) is 1. The molecule has 0 spiro atoms. The van der Waals surface area contributed by atoms with E-state index < -0.39 is 0 Å². The Morgan fingerprint density at radius 3 is 3.27 bits per heavy atom. The predicted molar refractivity (Wildman–Crippen MR) is 59.7 cm³/mol. The molecule has 0 bridgehead atoms. The zero-order valence-electron chi connectivity index (χ0n) is 7.73. The molecule has 1 N–H and O–H groups in total. The van der Waals surface area contributed by atoms with Crippen LogP contribution in [0.25, 0.3) is 10.9 Å². The summed E-state index contributed by atoms with van der Waals surface area (Å²) in [5, 5.41) is 1.06. The summed E-state index contributed by atoms with van der Waals surface area (Å²) >= 11 is 1.32. The highest BCUT2D eigenvalue weighted by molar-refractivity contribution is 7.99. The summed E-state index contributed by atoms with van der Waals surface area (Å²) in [6, 6.07) is 1.64. The Balaban J connectivity index is 2.54. The number of nitrogens with one attached hydrogen (secondary N) is 1. The Bertz CT molecular complexity index is 585. The molecule has 0 atom stereocenters. The first-order chi connectivity index (χ1) is 7.31. The number of thioether (sulfide) groups is 1. The summed E-state index contributed by atoms with van der Waals surface area (Å²) in [6.07, 6.45) is 8.25. The fraction of sp³-hybridized carbons (Fsp3) is 0.100. The first kappa shape index (κ1) is 9.74. The second-order valence-corrected chi connectivity index (χ2v) is 3.72. The van der Waals surface area contributed by atoms with E-state index in [0.717, 1.165) is 0 Å². The monoisotopic (exact) mass is 217 g/mol. The molecule has 15 heavy (non-hydrogen) atoms. The topological polar surface area (TPSA) is 58.6 Å². The van der Waals surface area contributed by atoms with Gasteiger partial charge in [0.25, 0.3) is 5.56 Å². The van der Waals surface area contributed by atoms with Gasteiger partial charge >= 0.3 is 0 Å². The second-order valence-electron chi connectivity index (χ2n) is 2.76. The average molecular weight is 217 g/mol. The number of terminal acetylenes is 1. The largest absolute Gasteiger partial charge is 0.301 e. The molecule has 0 unspecified atom stereocenters. The van der Waals surface area contributed by atoms with Crippen LogP contribution in [0, 0.1) is 12.3 Å². The summed E-state index contributed by atoms with van der Waals surface area (Å²) in [5.41, 5.74) is 0.419. The SMILES string of the molecule is C#CCSc1nc2cnccc2c(=O)[nH]1. The van der Waals surface area contributed by atoms with Gasteiger partial charge in [-0.05, 0) is 6.07 Å². The van der Waals surface area contributed by atoms with Crippen LogP contribution in [0.2, 0.25) is 0 Å². The summed E-state index contributed by atoms with van der Waals surface area (Å²) in [5.74, 6) is 2.95. The molecule has 0 amide bonds. The van der Waals surface area contributed by atoms with E-state index >= 15 is 0 Å². The van der Waals surface area contributed by atoms with Gasteiger partial charge in [0.1, 0.15) is 0 Å². The lowest BCUT2D eigenvalue weighted by atomic mass is 10.3. The molecule has 2 aromatic heterocycles. The highest BCUT2D eigenvalue weighted by Gasteiger charge is 2.02. The summed E-state index contributed by atoms with van der Waals surface area (Å²) in [6.45, 7) is 0. The van der Waals surface area contributed by atoms with E-state index in [4.69, 9.17) is 6.42 Å². The standard InChI is InChI=1S/C10H7N3OS/c1-2-5-15-10-12-8-6-11-4-3-7(8)9(14)13-10/h1,3-4,6H,5H2,(H,12,13,14). The van der Waals surface area contributed by atoms with Crippen LogP contribution in [-0.4, -0.2) is 20.7 Å². The van der Waals surface area contributed by atoms with Crippen LogP contribution in [0.1, 0.15) is 0 Å². The van der Waals surface area contributed by atoms with Crippen molar-refractivity contribution in [1.82, 2.24) is 15.0 Å². The fourth-order valence-corrected chi connectivity index (χ4v) is 1.70. The van der Waals surface area contributed by atoms with Gasteiger partial charge in [-0.15, -0.1) is 6.42 Å². The molecule has 74 valence electrons. The Hall–Kier alpha value is -1.80. The molecule has 0 saturated carbocycles. The second kappa shape index (κ2) is 4.15. The minimum absolute atomic E-state index is 0.165. The first-order valence-electron chi connectivity index (χ1n) is 4.21. The zero-order valence-corrected chi connectivity index (χ0v) is 8.54. The number of aromatic amines is 1.